The summed E-state index contributed by atoms with van der Waals surface area (Å²) in [7, 11) is 0. The molecule has 5 nitrogen and oxygen atoms in total. The van der Waals surface area contributed by atoms with Crippen LogP contribution in [0.5, 0.6) is 11.5 Å². The molecule has 0 fully saturated rings. The molecule has 2 aliphatic heterocycles. The molecule has 0 saturated heterocycles. The van der Waals surface area contributed by atoms with E-state index in [9.17, 15) is 4.79 Å². The van der Waals surface area contributed by atoms with Crippen molar-refractivity contribution in [2.75, 3.05) is 6.61 Å². The summed E-state index contributed by atoms with van der Waals surface area (Å²) < 4.78 is 12.0. The summed E-state index contributed by atoms with van der Waals surface area (Å²) in [6.07, 6.45) is 0.0255. The van der Waals surface area contributed by atoms with Crippen molar-refractivity contribution in [1.29, 1.82) is 0 Å². The molecule has 0 aliphatic carbocycles. The number of carbonyl (C=O) groups excluding carboxylic acids is 1. The number of Topliss-reactive ketones (excluding diaryl/α,β-unsaturated/α-hetero) is 1. The minimum atomic E-state index is -0.700. The highest BCUT2D eigenvalue weighted by Gasteiger charge is 2.47. The first-order chi connectivity index (χ1) is 18.2. The number of benzene rings is 4. The Morgan fingerprint density at radius 3 is 2.30 bits per heavy atom. The van der Waals surface area contributed by atoms with E-state index < -0.39 is 6.10 Å². The summed E-state index contributed by atoms with van der Waals surface area (Å²) in [4.78, 5) is 13.8. The van der Waals surface area contributed by atoms with Gasteiger partial charge < -0.3 is 9.47 Å². The average Bonchev–Trinajstić information content (AvgIpc) is 3.56. The van der Waals surface area contributed by atoms with Crippen molar-refractivity contribution in [3.8, 4) is 11.5 Å². The third kappa shape index (κ3) is 4.38. The van der Waals surface area contributed by atoms with Crippen molar-refractivity contribution in [2.24, 2.45) is 5.10 Å². The molecule has 184 valence electrons. The number of hydrogen-bond acceptors (Lipinski definition) is 5. The van der Waals surface area contributed by atoms with E-state index in [-0.39, 0.29) is 17.9 Å². The summed E-state index contributed by atoms with van der Waals surface area (Å²) in [6, 6.07) is 35.4. The number of carbonyl (C=O) groups is 1. The van der Waals surface area contributed by atoms with Crippen LogP contribution in [0.25, 0.3) is 0 Å². The summed E-state index contributed by atoms with van der Waals surface area (Å²) in [5.41, 5.74) is 4.80. The molecular formula is C32H28N2O3. The molecule has 4 aromatic carbocycles. The molecule has 0 amide bonds. The molecule has 0 radical (unpaired) electrons. The lowest BCUT2D eigenvalue weighted by atomic mass is 9.93. The molecule has 0 spiro atoms. The average molecular weight is 489 g/mol. The van der Waals surface area contributed by atoms with E-state index in [1.807, 2.05) is 91.9 Å². The molecule has 4 aromatic rings. The van der Waals surface area contributed by atoms with Crippen LogP contribution in [0.2, 0.25) is 0 Å². The molecule has 37 heavy (non-hydrogen) atoms. The number of hydrazone groups is 1. The van der Waals surface area contributed by atoms with Gasteiger partial charge in [0, 0.05) is 17.5 Å². The highest BCUT2D eigenvalue weighted by Crippen LogP contribution is 2.47. The molecule has 2 heterocycles. The predicted octanol–water partition coefficient (Wildman–Crippen LogP) is 6.62. The van der Waals surface area contributed by atoms with Gasteiger partial charge in [-0.2, -0.15) is 5.10 Å². The second-order valence-corrected chi connectivity index (χ2v) is 9.27. The third-order valence-electron chi connectivity index (χ3n) is 7.01. The van der Waals surface area contributed by atoms with E-state index >= 15 is 0 Å². The number of ether oxygens (including phenoxy) is 2. The smallest absolute Gasteiger partial charge is 0.205 e. The third-order valence-corrected chi connectivity index (χ3v) is 7.01. The minimum Gasteiger partial charge on any atom is -0.494 e. The summed E-state index contributed by atoms with van der Waals surface area (Å²) in [5, 5.41) is 7.27. The zero-order chi connectivity index (χ0) is 25.2. The van der Waals surface area contributed by atoms with Crippen LogP contribution < -0.4 is 9.47 Å². The molecule has 5 heteroatoms. The number of ketones is 1. The van der Waals surface area contributed by atoms with Crippen molar-refractivity contribution < 1.29 is 14.3 Å². The summed E-state index contributed by atoms with van der Waals surface area (Å²) in [6.45, 7) is 2.61. The monoisotopic (exact) mass is 488 g/mol. The fourth-order valence-electron chi connectivity index (χ4n) is 5.26. The van der Waals surface area contributed by atoms with Crippen molar-refractivity contribution in [1.82, 2.24) is 5.01 Å². The Morgan fingerprint density at radius 2 is 1.57 bits per heavy atom. The predicted molar refractivity (Wildman–Crippen MR) is 144 cm³/mol. The van der Waals surface area contributed by atoms with Crippen LogP contribution >= 0.6 is 0 Å². The van der Waals surface area contributed by atoms with Gasteiger partial charge in [0.2, 0.25) is 5.78 Å². The van der Waals surface area contributed by atoms with Crippen molar-refractivity contribution in [2.45, 2.75) is 31.5 Å². The second kappa shape index (κ2) is 9.94. The number of para-hydroxylation sites is 1. The van der Waals surface area contributed by atoms with Gasteiger partial charge in [-0.05, 0) is 48.4 Å². The van der Waals surface area contributed by atoms with Gasteiger partial charge in [0.1, 0.15) is 17.5 Å². The fourth-order valence-corrected chi connectivity index (χ4v) is 5.26. The molecule has 3 unspecified atom stereocenters. The number of hydrogen-bond donors (Lipinski definition) is 0. The zero-order valence-electron chi connectivity index (χ0n) is 20.7. The van der Waals surface area contributed by atoms with Gasteiger partial charge >= 0.3 is 0 Å². The van der Waals surface area contributed by atoms with E-state index in [4.69, 9.17) is 14.6 Å². The Bertz CT molecular complexity index is 1420. The maximum Gasteiger partial charge on any atom is 0.205 e. The van der Waals surface area contributed by atoms with Crippen LogP contribution in [0.1, 0.15) is 52.5 Å². The van der Waals surface area contributed by atoms with Gasteiger partial charge in [0.05, 0.1) is 18.4 Å². The van der Waals surface area contributed by atoms with Crippen LogP contribution in [-0.2, 0) is 0 Å². The lowest BCUT2D eigenvalue weighted by Crippen LogP contribution is -2.38. The van der Waals surface area contributed by atoms with Gasteiger partial charge in [-0.3, -0.25) is 9.80 Å². The van der Waals surface area contributed by atoms with Crippen molar-refractivity contribution in [3.05, 3.63) is 131 Å². The molecule has 0 bridgehead atoms. The Morgan fingerprint density at radius 1 is 0.892 bits per heavy atom. The van der Waals surface area contributed by atoms with Crippen LogP contribution in [0, 0.1) is 0 Å². The lowest BCUT2D eigenvalue weighted by Gasteiger charge is -2.32. The van der Waals surface area contributed by atoms with E-state index in [1.54, 1.807) is 0 Å². The van der Waals surface area contributed by atoms with Crippen LogP contribution in [0.4, 0.5) is 0 Å². The minimum absolute atomic E-state index is 0.0337. The van der Waals surface area contributed by atoms with Crippen molar-refractivity contribution >= 4 is 11.5 Å². The maximum absolute atomic E-state index is 13.8. The first kappa shape index (κ1) is 23.0. The van der Waals surface area contributed by atoms with Gasteiger partial charge in [0.15, 0.2) is 6.10 Å². The van der Waals surface area contributed by atoms with E-state index in [1.165, 1.54) is 0 Å². The highest BCUT2D eigenvalue weighted by atomic mass is 16.5. The normalized spacial score (nSPS) is 20.2. The molecular weight excluding hydrogens is 460 g/mol. The maximum atomic E-state index is 13.8. The highest BCUT2D eigenvalue weighted by molar-refractivity contribution is 6.03. The van der Waals surface area contributed by atoms with Gasteiger partial charge in [0.25, 0.3) is 0 Å². The number of nitrogens with zero attached hydrogens (tertiary/aromatic N) is 2. The van der Waals surface area contributed by atoms with E-state index in [0.29, 0.717) is 12.2 Å². The van der Waals surface area contributed by atoms with Crippen LogP contribution in [0.3, 0.4) is 0 Å². The summed E-state index contributed by atoms with van der Waals surface area (Å²) >= 11 is 0. The van der Waals surface area contributed by atoms with Crippen LogP contribution in [-0.4, -0.2) is 29.2 Å². The van der Waals surface area contributed by atoms with Crippen LogP contribution in [0.15, 0.2) is 114 Å². The van der Waals surface area contributed by atoms with Gasteiger partial charge in [-0.15, -0.1) is 0 Å². The van der Waals surface area contributed by atoms with Crippen molar-refractivity contribution in [3.63, 3.8) is 0 Å². The van der Waals surface area contributed by atoms with Gasteiger partial charge in [-0.1, -0.05) is 78.9 Å². The topological polar surface area (TPSA) is 51.1 Å². The Hall–Kier alpha value is -4.38. The SMILES string of the molecule is CCOc1ccc(C2=NN(C3c4ccccc4OC3C(=O)c3ccccc3)C(c3ccccc3)C2)cc1. The Kier molecular flexibility index (Phi) is 6.19. The Labute approximate surface area is 217 Å². The van der Waals surface area contributed by atoms with E-state index in [2.05, 4.69) is 29.3 Å². The molecule has 0 N–H and O–H groups in total. The lowest BCUT2D eigenvalue weighted by molar-refractivity contribution is 0.0538. The Balaban J connectivity index is 1.43. The second-order valence-electron chi connectivity index (χ2n) is 9.27. The quantitative estimate of drug-likeness (QED) is 0.274. The fraction of sp³-hybridized carbons (Fsp3) is 0.188. The molecule has 2 aliphatic rings. The molecule has 3 atom stereocenters. The standard InChI is InChI=1S/C32H28N2O3/c1-2-36-25-19-17-22(18-20-25)27-21-28(23-11-5-3-6-12-23)34(33-27)30-26-15-9-10-16-29(26)37-32(30)31(35)24-13-7-4-8-14-24/h3-20,28,30,32H,2,21H2,1H3. The molecule has 0 saturated carbocycles. The van der Waals surface area contributed by atoms with Gasteiger partial charge in [-0.25, -0.2) is 0 Å². The first-order valence-corrected chi connectivity index (χ1v) is 12.7. The van der Waals surface area contributed by atoms with E-state index in [0.717, 1.165) is 40.3 Å². The largest absolute Gasteiger partial charge is 0.494 e. The summed E-state index contributed by atoms with van der Waals surface area (Å²) in [5.74, 6) is 1.53. The first-order valence-electron chi connectivity index (χ1n) is 12.7. The number of rotatable bonds is 7. The number of fused-ring (bicyclic) bond motifs is 1. The zero-order valence-corrected chi connectivity index (χ0v) is 20.7. The molecule has 6 rings (SSSR count). The molecule has 0 aromatic heterocycles.